The second kappa shape index (κ2) is 7.97. The summed E-state index contributed by atoms with van der Waals surface area (Å²) in [6.07, 6.45) is 1.86. The van der Waals surface area contributed by atoms with Crippen LogP contribution >= 0.6 is 12.4 Å². The highest BCUT2D eigenvalue weighted by Crippen LogP contribution is 2.17. The number of amides is 4. The Labute approximate surface area is 143 Å². The number of piperidine rings is 1. The first kappa shape index (κ1) is 19.7. The van der Waals surface area contributed by atoms with E-state index in [4.69, 9.17) is 0 Å². The number of rotatable bonds is 5. The van der Waals surface area contributed by atoms with Crippen molar-refractivity contribution in [1.82, 2.24) is 20.9 Å². The van der Waals surface area contributed by atoms with Gasteiger partial charge in [-0.2, -0.15) is 0 Å². The fraction of sp³-hybridized carbons (Fsp3) is 0.800. The van der Waals surface area contributed by atoms with E-state index in [9.17, 15) is 14.4 Å². The summed E-state index contributed by atoms with van der Waals surface area (Å²) in [6.45, 7) is 7.57. The van der Waals surface area contributed by atoms with E-state index in [1.54, 1.807) is 13.8 Å². The zero-order chi connectivity index (χ0) is 16.3. The average Bonchev–Trinajstić information content (AvgIpc) is 2.63. The summed E-state index contributed by atoms with van der Waals surface area (Å²) >= 11 is 0. The maximum Gasteiger partial charge on any atom is 0.325 e. The fourth-order valence-corrected chi connectivity index (χ4v) is 2.88. The van der Waals surface area contributed by atoms with Gasteiger partial charge in [-0.3, -0.25) is 14.5 Å². The smallest absolute Gasteiger partial charge is 0.325 e. The van der Waals surface area contributed by atoms with E-state index in [-0.39, 0.29) is 42.8 Å². The van der Waals surface area contributed by atoms with E-state index in [0.717, 1.165) is 19.5 Å². The summed E-state index contributed by atoms with van der Waals surface area (Å²) in [5.41, 5.74) is -0.845. The third-order valence-electron chi connectivity index (χ3n) is 4.40. The predicted octanol–water partition coefficient (Wildman–Crippen LogP) is 0.633. The molecule has 0 bridgehead atoms. The van der Waals surface area contributed by atoms with Gasteiger partial charge in [0.05, 0.1) is 0 Å². The Hall–Kier alpha value is -1.34. The molecule has 2 saturated heterocycles. The highest BCUT2D eigenvalue weighted by molar-refractivity contribution is 6.06. The van der Waals surface area contributed by atoms with Crippen molar-refractivity contribution in [3.63, 3.8) is 0 Å². The first-order valence-corrected chi connectivity index (χ1v) is 7.95. The number of imide groups is 1. The van der Waals surface area contributed by atoms with E-state index in [1.165, 1.54) is 4.90 Å². The number of carbonyl (C=O) groups excluding carboxylic acids is 3. The minimum Gasteiger partial charge on any atom is -0.352 e. The van der Waals surface area contributed by atoms with Crippen molar-refractivity contribution in [2.75, 3.05) is 19.6 Å². The lowest BCUT2D eigenvalue weighted by Crippen LogP contribution is -2.50. The summed E-state index contributed by atoms with van der Waals surface area (Å²) in [5, 5.41) is 8.93. The van der Waals surface area contributed by atoms with Crippen LogP contribution < -0.4 is 16.0 Å². The molecule has 132 valence electrons. The summed E-state index contributed by atoms with van der Waals surface area (Å²) in [6, 6.07) is -0.211. The van der Waals surface area contributed by atoms with E-state index in [1.807, 2.05) is 0 Å². The van der Waals surface area contributed by atoms with Crippen LogP contribution in [-0.4, -0.2) is 54.0 Å². The molecule has 0 aliphatic carbocycles. The number of halogens is 1. The number of nitrogens with zero attached hydrogens (tertiary/aromatic N) is 1. The van der Waals surface area contributed by atoms with Crippen molar-refractivity contribution in [2.24, 2.45) is 5.92 Å². The molecule has 2 unspecified atom stereocenters. The van der Waals surface area contributed by atoms with Crippen LogP contribution in [-0.2, 0) is 9.59 Å². The third-order valence-corrected chi connectivity index (χ3v) is 4.40. The monoisotopic (exact) mass is 346 g/mol. The topological polar surface area (TPSA) is 90.5 Å². The molecule has 2 rings (SSSR count). The number of hydrogen-bond donors (Lipinski definition) is 3. The molecule has 4 amide bonds. The van der Waals surface area contributed by atoms with Gasteiger partial charge in [-0.25, -0.2) is 4.79 Å². The van der Waals surface area contributed by atoms with Gasteiger partial charge in [0.2, 0.25) is 5.91 Å². The molecule has 0 radical (unpaired) electrons. The largest absolute Gasteiger partial charge is 0.352 e. The van der Waals surface area contributed by atoms with E-state index in [2.05, 4.69) is 22.9 Å². The quantitative estimate of drug-likeness (QED) is 0.637. The fourth-order valence-electron chi connectivity index (χ4n) is 2.88. The van der Waals surface area contributed by atoms with Gasteiger partial charge in [0, 0.05) is 25.6 Å². The molecule has 23 heavy (non-hydrogen) atoms. The molecule has 2 fully saturated rings. The van der Waals surface area contributed by atoms with Crippen molar-refractivity contribution >= 4 is 30.3 Å². The second-order valence-electron chi connectivity index (χ2n) is 6.76. The Balaban J connectivity index is 0.00000264. The molecular formula is C15H27ClN4O3. The van der Waals surface area contributed by atoms with E-state index < -0.39 is 5.54 Å². The van der Waals surface area contributed by atoms with Crippen molar-refractivity contribution in [3.05, 3.63) is 0 Å². The molecule has 8 heteroatoms. The molecule has 0 saturated carbocycles. The lowest BCUT2D eigenvalue weighted by Gasteiger charge is -2.30. The Bertz CT molecular complexity index is 470. The summed E-state index contributed by atoms with van der Waals surface area (Å²) in [7, 11) is 0. The molecule has 7 nitrogen and oxygen atoms in total. The van der Waals surface area contributed by atoms with Gasteiger partial charge < -0.3 is 16.0 Å². The van der Waals surface area contributed by atoms with Gasteiger partial charge in [0.15, 0.2) is 0 Å². The van der Waals surface area contributed by atoms with Crippen LogP contribution in [0.1, 0.15) is 40.0 Å². The first-order valence-electron chi connectivity index (χ1n) is 7.95. The zero-order valence-electron chi connectivity index (χ0n) is 14.0. The summed E-state index contributed by atoms with van der Waals surface area (Å²) < 4.78 is 0. The molecule has 0 aromatic heterocycles. The van der Waals surface area contributed by atoms with Crippen molar-refractivity contribution in [2.45, 2.75) is 51.6 Å². The Morgan fingerprint density at radius 1 is 1.39 bits per heavy atom. The number of hydrogen-bond acceptors (Lipinski definition) is 4. The summed E-state index contributed by atoms with van der Waals surface area (Å²) in [5.74, 6) is 0.215. The molecule has 2 heterocycles. The normalized spacial score (nSPS) is 26.5. The number of carbonyl (C=O) groups is 3. The Kier molecular flexibility index (Phi) is 6.83. The highest BCUT2D eigenvalue weighted by atomic mass is 35.5. The van der Waals surface area contributed by atoms with Crippen molar-refractivity contribution < 1.29 is 14.4 Å². The van der Waals surface area contributed by atoms with Crippen LogP contribution in [0.15, 0.2) is 0 Å². The minimum absolute atomic E-state index is 0. The van der Waals surface area contributed by atoms with Crippen LogP contribution in [0.5, 0.6) is 0 Å². The van der Waals surface area contributed by atoms with E-state index >= 15 is 0 Å². The van der Waals surface area contributed by atoms with Crippen LogP contribution in [0.3, 0.4) is 0 Å². The number of nitrogens with one attached hydrogen (secondary N) is 3. The van der Waals surface area contributed by atoms with Crippen molar-refractivity contribution in [1.29, 1.82) is 0 Å². The molecule has 2 aliphatic heterocycles. The van der Waals surface area contributed by atoms with Crippen LogP contribution in [0.25, 0.3) is 0 Å². The Morgan fingerprint density at radius 2 is 2.09 bits per heavy atom. The highest BCUT2D eigenvalue weighted by Gasteiger charge is 2.43. The molecule has 0 spiro atoms. The number of urea groups is 1. The maximum absolute atomic E-state index is 12.0. The predicted molar refractivity (Wildman–Crippen MR) is 89.4 cm³/mol. The van der Waals surface area contributed by atoms with Gasteiger partial charge in [-0.05, 0) is 39.2 Å². The average molecular weight is 347 g/mol. The lowest BCUT2D eigenvalue weighted by molar-refractivity contribution is -0.130. The van der Waals surface area contributed by atoms with Crippen LogP contribution in [0.4, 0.5) is 4.79 Å². The molecule has 2 atom stereocenters. The minimum atomic E-state index is -0.845. The maximum atomic E-state index is 12.0. The van der Waals surface area contributed by atoms with Gasteiger partial charge in [-0.15, -0.1) is 12.4 Å². The lowest BCUT2D eigenvalue weighted by atomic mass is 9.94. The standard InChI is InChI=1S/C15H26N4O3.ClH/c1-10-6-7-16-9-11(10)17-12(20)5-4-8-19-13(21)15(2,3)18-14(19)22;/h10-11,16H,4-9H2,1-3H3,(H,17,20)(H,18,22);1H. The van der Waals surface area contributed by atoms with Gasteiger partial charge >= 0.3 is 6.03 Å². The van der Waals surface area contributed by atoms with Crippen LogP contribution in [0.2, 0.25) is 0 Å². The van der Waals surface area contributed by atoms with Gasteiger partial charge in [0.1, 0.15) is 5.54 Å². The zero-order valence-corrected chi connectivity index (χ0v) is 14.8. The SMILES string of the molecule is CC1CCNCC1NC(=O)CCCN1C(=O)NC(C)(C)C1=O.Cl. The van der Waals surface area contributed by atoms with E-state index in [0.29, 0.717) is 18.8 Å². The molecular weight excluding hydrogens is 320 g/mol. The van der Waals surface area contributed by atoms with Crippen molar-refractivity contribution in [3.8, 4) is 0 Å². The van der Waals surface area contributed by atoms with Crippen LogP contribution in [0, 0.1) is 5.92 Å². The van der Waals surface area contributed by atoms with Gasteiger partial charge in [0.25, 0.3) is 5.91 Å². The Morgan fingerprint density at radius 3 is 2.65 bits per heavy atom. The molecule has 0 aromatic rings. The second-order valence-corrected chi connectivity index (χ2v) is 6.76. The first-order chi connectivity index (χ1) is 10.3. The third kappa shape index (κ3) is 4.81. The molecule has 2 aliphatic rings. The van der Waals surface area contributed by atoms with Gasteiger partial charge in [-0.1, -0.05) is 6.92 Å². The summed E-state index contributed by atoms with van der Waals surface area (Å²) in [4.78, 5) is 36.9. The molecule has 0 aromatic carbocycles. The molecule has 3 N–H and O–H groups in total.